The lowest BCUT2D eigenvalue weighted by Crippen LogP contribution is -2.43. The number of carbonyl (C=O) groups is 1. The van der Waals surface area contributed by atoms with E-state index in [-0.39, 0.29) is 5.91 Å². The van der Waals surface area contributed by atoms with Gasteiger partial charge in [-0.25, -0.2) is 0 Å². The van der Waals surface area contributed by atoms with Gasteiger partial charge in [0.15, 0.2) is 0 Å². The van der Waals surface area contributed by atoms with Crippen LogP contribution in [0.4, 0.5) is 0 Å². The van der Waals surface area contributed by atoms with Crippen molar-refractivity contribution in [1.29, 1.82) is 0 Å². The van der Waals surface area contributed by atoms with Crippen LogP contribution in [0.2, 0.25) is 0 Å². The summed E-state index contributed by atoms with van der Waals surface area (Å²) in [5.41, 5.74) is 2.69. The Kier molecular flexibility index (Phi) is 3.22. The average molecular weight is 298 g/mol. The Morgan fingerprint density at radius 1 is 1.36 bits per heavy atom. The van der Waals surface area contributed by atoms with Crippen LogP contribution >= 0.6 is 0 Å². The number of hydrogen-bond donors (Lipinski definition) is 1. The fourth-order valence-electron chi connectivity index (χ4n) is 3.84. The summed E-state index contributed by atoms with van der Waals surface area (Å²) in [5.74, 6) is 1.07. The molecule has 0 aliphatic carbocycles. The molecule has 4 nitrogen and oxygen atoms in total. The van der Waals surface area contributed by atoms with Crippen molar-refractivity contribution in [3.63, 3.8) is 0 Å². The predicted octanol–water partition coefficient (Wildman–Crippen LogP) is 2.99. The van der Waals surface area contributed by atoms with Gasteiger partial charge in [-0.3, -0.25) is 4.79 Å². The maximum Gasteiger partial charge on any atom is 0.251 e. The van der Waals surface area contributed by atoms with Crippen molar-refractivity contribution in [3.05, 3.63) is 35.6 Å². The van der Waals surface area contributed by atoms with E-state index >= 15 is 0 Å². The van der Waals surface area contributed by atoms with Crippen LogP contribution in [0.15, 0.2) is 28.9 Å². The lowest BCUT2D eigenvalue weighted by Gasteiger charge is -2.23. The summed E-state index contributed by atoms with van der Waals surface area (Å²) >= 11 is 0. The molecule has 4 heteroatoms. The van der Waals surface area contributed by atoms with Gasteiger partial charge >= 0.3 is 0 Å². The second-order valence-electron chi connectivity index (χ2n) is 6.94. The quantitative estimate of drug-likeness (QED) is 0.947. The molecule has 2 aliphatic rings. The number of benzene rings is 1. The second kappa shape index (κ2) is 5.13. The maximum atomic E-state index is 12.5. The minimum atomic E-state index is 0.0168. The molecule has 116 valence electrons. The molecule has 0 saturated carbocycles. The van der Waals surface area contributed by atoms with Crippen molar-refractivity contribution < 1.29 is 9.21 Å². The molecule has 1 N–H and O–H groups in total. The van der Waals surface area contributed by atoms with Crippen LogP contribution < -0.4 is 5.32 Å². The van der Waals surface area contributed by atoms with Crippen molar-refractivity contribution in [2.45, 2.75) is 32.2 Å². The highest BCUT2D eigenvalue weighted by Crippen LogP contribution is 2.29. The Bertz CT molecular complexity index is 719. The Morgan fingerprint density at radius 3 is 2.91 bits per heavy atom. The van der Waals surface area contributed by atoms with E-state index in [0.717, 1.165) is 24.1 Å². The summed E-state index contributed by atoms with van der Waals surface area (Å²) in [6.07, 6.45) is 3.01. The fourth-order valence-corrected chi connectivity index (χ4v) is 3.84. The average Bonchev–Trinajstić information content (AvgIpc) is 3.20. The van der Waals surface area contributed by atoms with Gasteiger partial charge in [-0.05, 0) is 36.9 Å². The highest BCUT2D eigenvalue weighted by Gasteiger charge is 2.38. The van der Waals surface area contributed by atoms with E-state index in [9.17, 15) is 4.79 Å². The van der Waals surface area contributed by atoms with Crippen LogP contribution in [0.5, 0.6) is 0 Å². The number of nitrogens with one attached hydrogen (secondary N) is 1. The number of rotatable bonds is 3. The van der Waals surface area contributed by atoms with Crippen LogP contribution in [0.25, 0.3) is 11.0 Å². The van der Waals surface area contributed by atoms with Crippen molar-refractivity contribution >= 4 is 16.9 Å². The van der Waals surface area contributed by atoms with Gasteiger partial charge in [0.05, 0.1) is 6.26 Å². The Labute approximate surface area is 130 Å². The summed E-state index contributed by atoms with van der Waals surface area (Å²) in [5, 5.41) is 4.31. The van der Waals surface area contributed by atoms with Crippen molar-refractivity contribution in [3.8, 4) is 0 Å². The molecule has 2 bridgehead atoms. The lowest BCUT2D eigenvalue weighted by molar-refractivity contribution is 0.0924. The Balaban J connectivity index is 1.54. The van der Waals surface area contributed by atoms with E-state index in [1.54, 1.807) is 6.26 Å². The van der Waals surface area contributed by atoms with Crippen LogP contribution in [0.3, 0.4) is 0 Å². The largest absolute Gasteiger partial charge is 0.464 e. The highest BCUT2D eigenvalue weighted by molar-refractivity contribution is 5.98. The topological polar surface area (TPSA) is 45.5 Å². The van der Waals surface area contributed by atoms with Crippen LogP contribution in [0, 0.1) is 5.92 Å². The highest BCUT2D eigenvalue weighted by atomic mass is 16.3. The van der Waals surface area contributed by atoms with Crippen LogP contribution in [-0.4, -0.2) is 36.5 Å². The van der Waals surface area contributed by atoms with Gasteiger partial charge in [0, 0.05) is 35.6 Å². The number of nitrogens with zero attached hydrogens (tertiary/aromatic N) is 1. The second-order valence-corrected chi connectivity index (χ2v) is 6.94. The molecule has 0 radical (unpaired) electrons. The first-order valence-corrected chi connectivity index (χ1v) is 8.16. The number of piperidine rings is 1. The van der Waals surface area contributed by atoms with Gasteiger partial charge in [0.2, 0.25) is 0 Å². The summed E-state index contributed by atoms with van der Waals surface area (Å²) in [7, 11) is 0. The molecule has 1 amide bonds. The molecule has 2 unspecified atom stereocenters. The van der Waals surface area contributed by atoms with E-state index in [1.807, 2.05) is 18.2 Å². The number of carbonyl (C=O) groups excluding carboxylic acids is 1. The van der Waals surface area contributed by atoms with Gasteiger partial charge in [0.1, 0.15) is 5.58 Å². The van der Waals surface area contributed by atoms with Gasteiger partial charge in [-0.2, -0.15) is 0 Å². The smallest absolute Gasteiger partial charge is 0.251 e. The molecule has 3 heterocycles. The van der Waals surface area contributed by atoms with Gasteiger partial charge in [0.25, 0.3) is 5.91 Å². The normalized spacial score (nSPS) is 27.0. The molecule has 2 fully saturated rings. The molecule has 4 rings (SSSR count). The standard InChI is InChI=1S/C18H22N2O2/c1-11(2)15-10-22-17-7-12(3-4-14(15)17)18(21)19-16-9-20-6-5-13(16)8-20/h3-4,7,10-11,13,16H,5-6,8-9H2,1-2H3,(H,19,21)/t13-,16?/m0/s1. The monoisotopic (exact) mass is 298 g/mol. The number of furan rings is 1. The Morgan fingerprint density at radius 2 is 2.23 bits per heavy atom. The van der Waals surface area contributed by atoms with Crippen molar-refractivity contribution in [1.82, 2.24) is 10.2 Å². The minimum Gasteiger partial charge on any atom is -0.464 e. The van der Waals surface area contributed by atoms with E-state index in [0.29, 0.717) is 23.4 Å². The van der Waals surface area contributed by atoms with Crippen molar-refractivity contribution in [2.24, 2.45) is 5.92 Å². The molecule has 2 saturated heterocycles. The van der Waals surface area contributed by atoms with Crippen molar-refractivity contribution in [2.75, 3.05) is 19.6 Å². The summed E-state index contributed by atoms with van der Waals surface area (Å²) < 4.78 is 5.63. The van der Waals surface area contributed by atoms with E-state index < -0.39 is 0 Å². The molecule has 22 heavy (non-hydrogen) atoms. The molecule has 1 aromatic carbocycles. The van der Waals surface area contributed by atoms with Gasteiger partial charge in [-0.1, -0.05) is 19.9 Å². The first kappa shape index (κ1) is 13.8. The van der Waals surface area contributed by atoms with Crippen LogP contribution in [0.1, 0.15) is 42.1 Å². The summed E-state index contributed by atoms with van der Waals surface area (Å²) in [4.78, 5) is 14.9. The molecular weight excluding hydrogens is 276 g/mol. The van der Waals surface area contributed by atoms with E-state index in [2.05, 4.69) is 24.1 Å². The van der Waals surface area contributed by atoms with Gasteiger partial charge < -0.3 is 14.6 Å². The minimum absolute atomic E-state index is 0.0168. The lowest BCUT2D eigenvalue weighted by atomic mass is 9.99. The molecular formula is C18H22N2O2. The molecule has 2 aromatic rings. The van der Waals surface area contributed by atoms with Gasteiger partial charge in [-0.15, -0.1) is 0 Å². The molecule has 3 atom stereocenters. The third-order valence-corrected chi connectivity index (χ3v) is 5.14. The number of fused-ring (bicyclic) bond motifs is 3. The molecule has 0 spiro atoms. The SMILES string of the molecule is CC(C)c1coc2cc(C(=O)NC3CN4CC[C@H]3C4)ccc12. The maximum absolute atomic E-state index is 12.5. The molecule has 2 aliphatic heterocycles. The first-order valence-electron chi connectivity index (χ1n) is 8.16. The summed E-state index contributed by atoms with van der Waals surface area (Å²) in [6.45, 7) is 7.62. The zero-order valence-corrected chi connectivity index (χ0v) is 13.1. The van der Waals surface area contributed by atoms with Crippen LogP contribution in [-0.2, 0) is 0 Å². The van der Waals surface area contributed by atoms with E-state index in [4.69, 9.17) is 4.42 Å². The zero-order chi connectivity index (χ0) is 15.3. The number of amides is 1. The Hall–Kier alpha value is -1.81. The predicted molar refractivity (Wildman–Crippen MR) is 86.1 cm³/mol. The first-order chi connectivity index (χ1) is 10.6. The molecule has 1 aromatic heterocycles. The summed E-state index contributed by atoms with van der Waals surface area (Å²) in [6, 6.07) is 6.09. The third-order valence-electron chi connectivity index (χ3n) is 5.14. The fraction of sp³-hybridized carbons (Fsp3) is 0.500. The van der Waals surface area contributed by atoms with E-state index in [1.165, 1.54) is 18.5 Å². The zero-order valence-electron chi connectivity index (χ0n) is 13.1. The third kappa shape index (κ3) is 2.22. The number of hydrogen-bond acceptors (Lipinski definition) is 3.